The molecule has 6 heteroatoms. The van der Waals surface area contributed by atoms with Crippen LogP contribution in [0.15, 0.2) is 24.3 Å². The average molecular weight is 274 g/mol. The highest BCUT2D eigenvalue weighted by Crippen LogP contribution is 2.30. The monoisotopic (exact) mass is 274 g/mol. The summed E-state index contributed by atoms with van der Waals surface area (Å²) < 4.78 is 0. The number of anilines is 1. The molecule has 0 atom stereocenters. The van der Waals surface area contributed by atoms with Crippen LogP contribution < -0.4 is 11.1 Å². The molecule has 0 aliphatic heterocycles. The number of benzene rings is 1. The molecule has 1 heterocycles. The Bertz CT molecular complexity index is 589. The molecule has 1 amide bonds. The fourth-order valence-corrected chi connectivity index (χ4v) is 2.46. The summed E-state index contributed by atoms with van der Waals surface area (Å²) in [6, 6.07) is 7.64. The number of nitrogens with zero attached hydrogens (tertiary/aromatic N) is 2. The normalized spacial score (nSPS) is 14.4. The Labute approximate surface area is 114 Å². The fourth-order valence-electron chi connectivity index (χ4n) is 1.74. The highest BCUT2D eigenvalue weighted by atomic mass is 32.1. The van der Waals surface area contributed by atoms with Gasteiger partial charge in [-0.2, -0.15) is 0 Å². The van der Waals surface area contributed by atoms with Gasteiger partial charge in [-0.3, -0.25) is 4.79 Å². The second-order valence-corrected chi connectivity index (χ2v) is 5.61. The maximum absolute atomic E-state index is 11.6. The molecule has 0 unspecified atom stereocenters. The Hall–Kier alpha value is -1.79. The van der Waals surface area contributed by atoms with Crippen molar-refractivity contribution in [2.24, 2.45) is 11.7 Å². The number of carbonyl (C=O) groups excluding carboxylic acids is 1. The molecule has 1 aromatic carbocycles. The van der Waals surface area contributed by atoms with Crippen LogP contribution in [0.4, 0.5) is 5.69 Å². The molecule has 2 aromatic rings. The van der Waals surface area contributed by atoms with Crippen LogP contribution in [0, 0.1) is 5.92 Å². The Balaban J connectivity index is 1.72. The molecular formula is C13H14N4OS. The highest BCUT2D eigenvalue weighted by Gasteiger charge is 2.29. The van der Waals surface area contributed by atoms with Gasteiger partial charge < -0.3 is 11.1 Å². The van der Waals surface area contributed by atoms with Crippen LogP contribution in [-0.4, -0.2) is 16.1 Å². The van der Waals surface area contributed by atoms with E-state index >= 15 is 0 Å². The first-order valence-corrected chi connectivity index (χ1v) is 7.01. The highest BCUT2D eigenvalue weighted by molar-refractivity contribution is 7.14. The van der Waals surface area contributed by atoms with Crippen molar-refractivity contribution in [3.63, 3.8) is 0 Å². The van der Waals surface area contributed by atoms with Crippen LogP contribution in [0.2, 0.25) is 0 Å². The zero-order valence-corrected chi connectivity index (χ0v) is 11.1. The number of aromatic nitrogens is 2. The van der Waals surface area contributed by atoms with Gasteiger partial charge in [-0.15, -0.1) is 10.2 Å². The second-order valence-electron chi connectivity index (χ2n) is 4.55. The van der Waals surface area contributed by atoms with E-state index in [0.717, 1.165) is 34.1 Å². The Morgan fingerprint density at radius 1 is 1.32 bits per heavy atom. The van der Waals surface area contributed by atoms with E-state index in [1.54, 1.807) is 0 Å². The van der Waals surface area contributed by atoms with Gasteiger partial charge in [-0.25, -0.2) is 0 Å². The quantitative estimate of drug-likeness (QED) is 0.893. The van der Waals surface area contributed by atoms with Crippen molar-refractivity contribution in [1.29, 1.82) is 0 Å². The maximum atomic E-state index is 11.6. The molecule has 1 fully saturated rings. The fraction of sp³-hybridized carbons (Fsp3) is 0.308. The van der Waals surface area contributed by atoms with Gasteiger partial charge in [0.25, 0.3) is 0 Å². The smallest absolute Gasteiger partial charge is 0.227 e. The average Bonchev–Trinajstić information content (AvgIpc) is 3.18. The molecule has 1 aliphatic carbocycles. The van der Waals surface area contributed by atoms with Gasteiger partial charge in [-0.05, 0) is 37.1 Å². The molecule has 1 aliphatic rings. The number of hydrogen-bond donors (Lipinski definition) is 2. The van der Waals surface area contributed by atoms with E-state index < -0.39 is 0 Å². The first-order chi connectivity index (χ1) is 9.26. The topological polar surface area (TPSA) is 80.9 Å². The standard InChI is InChI=1S/C13H14N4OS/c14-7-11-16-17-13(19-11)9-3-5-10(6-4-9)15-12(18)8-1-2-8/h3-6,8H,1-2,7,14H2,(H,15,18). The number of carbonyl (C=O) groups is 1. The third kappa shape index (κ3) is 2.80. The van der Waals surface area contributed by atoms with Crippen molar-refractivity contribution in [2.75, 3.05) is 5.32 Å². The van der Waals surface area contributed by atoms with Crippen LogP contribution in [0.25, 0.3) is 10.6 Å². The third-order valence-electron chi connectivity index (χ3n) is 2.99. The maximum Gasteiger partial charge on any atom is 0.227 e. The van der Waals surface area contributed by atoms with Crippen LogP contribution in [0.1, 0.15) is 17.8 Å². The number of hydrogen-bond acceptors (Lipinski definition) is 5. The summed E-state index contributed by atoms with van der Waals surface area (Å²) >= 11 is 1.49. The Morgan fingerprint density at radius 2 is 2.05 bits per heavy atom. The lowest BCUT2D eigenvalue weighted by atomic mass is 10.2. The van der Waals surface area contributed by atoms with Crippen molar-refractivity contribution in [1.82, 2.24) is 10.2 Å². The lowest BCUT2D eigenvalue weighted by Crippen LogP contribution is -2.12. The van der Waals surface area contributed by atoms with E-state index in [4.69, 9.17) is 5.73 Å². The van der Waals surface area contributed by atoms with Crippen molar-refractivity contribution < 1.29 is 4.79 Å². The summed E-state index contributed by atoms with van der Waals surface area (Å²) in [4.78, 5) is 11.6. The van der Waals surface area contributed by atoms with Gasteiger partial charge in [-0.1, -0.05) is 11.3 Å². The molecule has 1 saturated carbocycles. The largest absolute Gasteiger partial charge is 0.326 e. The molecule has 98 valence electrons. The SMILES string of the molecule is NCc1nnc(-c2ccc(NC(=O)C3CC3)cc2)s1. The van der Waals surface area contributed by atoms with Crippen molar-refractivity contribution in [3.05, 3.63) is 29.3 Å². The molecule has 3 N–H and O–H groups in total. The minimum Gasteiger partial charge on any atom is -0.326 e. The van der Waals surface area contributed by atoms with E-state index in [0.29, 0.717) is 6.54 Å². The summed E-state index contributed by atoms with van der Waals surface area (Å²) in [6.45, 7) is 0.410. The molecule has 0 radical (unpaired) electrons. The van der Waals surface area contributed by atoms with Crippen LogP contribution in [0.3, 0.4) is 0 Å². The minimum absolute atomic E-state index is 0.120. The molecule has 5 nitrogen and oxygen atoms in total. The van der Waals surface area contributed by atoms with Gasteiger partial charge in [0, 0.05) is 23.7 Å². The molecule has 0 saturated heterocycles. The van der Waals surface area contributed by atoms with Crippen LogP contribution in [-0.2, 0) is 11.3 Å². The van der Waals surface area contributed by atoms with Gasteiger partial charge >= 0.3 is 0 Å². The van der Waals surface area contributed by atoms with E-state index in [1.807, 2.05) is 24.3 Å². The van der Waals surface area contributed by atoms with Gasteiger partial charge in [0.15, 0.2) is 0 Å². The summed E-state index contributed by atoms with van der Waals surface area (Å²) in [5, 5.41) is 12.6. The summed E-state index contributed by atoms with van der Waals surface area (Å²) in [5.74, 6) is 0.337. The van der Waals surface area contributed by atoms with Gasteiger partial charge in [0.1, 0.15) is 10.0 Å². The first kappa shape index (κ1) is 12.3. The van der Waals surface area contributed by atoms with E-state index in [1.165, 1.54) is 11.3 Å². The lowest BCUT2D eigenvalue weighted by molar-refractivity contribution is -0.117. The third-order valence-corrected chi connectivity index (χ3v) is 3.98. The molecule has 3 rings (SSSR count). The number of nitrogens with one attached hydrogen (secondary N) is 1. The van der Waals surface area contributed by atoms with Crippen molar-refractivity contribution in [3.8, 4) is 10.6 Å². The molecular weight excluding hydrogens is 260 g/mol. The second kappa shape index (κ2) is 5.07. The number of rotatable bonds is 4. The van der Waals surface area contributed by atoms with Gasteiger partial charge in [0.05, 0.1) is 0 Å². The zero-order chi connectivity index (χ0) is 13.2. The molecule has 0 bridgehead atoms. The summed E-state index contributed by atoms with van der Waals surface area (Å²) in [7, 11) is 0. The Morgan fingerprint density at radius 3 is 2.63 bits per heavy atom. The molecule has 1 aromatic heterocycles. The Kier molecular flexibility index (Phi) is 3.27. The van der Waals surface area contributed by atoms with E-state index in [2.05, 4.69) is 15.5 Å². The van der Waals surface area contributed by atoms with Crippen molar-refractivity contribution in [2.45, 2.75) is 19.4 Å². The van der Waals surface area contributed by atoms with E-state index in [-0.39, 0.29) is 11.8 Å². The van der Waals surface area contributed by atoms with Crippen LogP contribution >= 0.6 is 11.3 Å². The van der Waals surface area contributed by atoms with Crippen molar-refractivity contribution >= 4 is 22.9 Å². The minimum atomic E-state index is 0.120. The predicted octanol–water partition coefficient (Wildman–Crippen LogP) is 2.01. The van der Waals surface area contributed by atoms with E-state index in [9.17, 15) is 4.79 Å². The molecule has 0 spiro atoms. The molecule has 19 heavy (non-hydrogen) atoms. The predicted molar refractivity (Wildman–Crippen MR) is 74.6 cm³/mol. The van der Waals surface area contributed by atoms with Gasteiger partial charge in [0.2, 0.25) is 5.91 Å². The number of amides is 1. The summed E-state index contributed by atoms with van der Waals surface area (Å²) in [5.41, 5.74) is 7.33. The summed E-state index contributed by atoms with van der Waals surface area (Å²) in [6.07, 6.45) is 2.02. The first-order valence-electron chi connectivity index (χ1n) is 6.20. The lowest BCUT2D eigenvalue weighted by Gasteiger charge is -2.04. The van der Waals surface area contributed by atoms with Crippen LogP contribution in [0.5, 0.6) is 0 Å². The zero-order valence-electron chi connectivity index (χ0n) is 10.3. The number of nitrogens with two attached hydrogens (primary N) is 1.